The van der Waals surface area contributed by atoms with Gasteiger partial charge in [-0.3, -0.25) is 4.79 Å². The van der Waals surface area contributed by atoms with E-state index >= 15 is 0 Å². The highest BCUT2D eigenvalue weighted by Crippen LogP contribution is 2.14. The van der Waals surface area contributed by atoms with Crippen LogP contribution in [0.2, 0.25) is 0 Å². The van der Waals surface area contributed by atoms with Crippen LogP contribution >= 0.6 is 0 Å². The maximum Gasteiger partial charge on any atom is 0.237 e. The number of nitrogens with one attached hydrogen (secondary N) is 2. The van der Waals surface area contributed by atoms with E-state index in [1.165, 1.54) is 0 Å². The summed E-state index contributed by atoms with van der Waals surface area (Å²) < 4.78 is 4.99. The zero-order valence-electron chi connectivity index (χ0n) is 7.88. The Morgan fingerprint density at radius 2 is 2.31 bits per heavy atom. The van der Waals surface area contributed by atoms with Gasteiger partial charge in [-0.05, 0) is 18.9 Å². The molecule has 2 aliphatic heterocycles. The van der Waals surface area contributed by atoms with E-state index < -0.39 is 0 Å². The van der Waals surface area contributed by atoms with Gasteiger partial charge in [-0.2, -0.15) is 0 Å². The second-order valence-electron chi connectivity index (χ2n) is 3.94. The van der Waals surface area contributed by atoms with Crippen molar-refractivity contribution in [2.75, 3.05) is 19.8 Å². The van der Waals surface area contributed by atoms with Crippen LogP contribution in [0.25, 0.3) is 0 Å². The number of ether oxygens (including phenoxy) is 1. The summed E-state index contributed by atoms with van der Waals surface area (Å²) in [4.78, 5) is 11.6. The first kappa shape index (κ1) is 8.97. The fourth-order valence-corrected chi connectivity index (χ4v) is 1.80. The van der Waals surface area contributed by atoms with E-state index in [0.29, 0.717) is 19.1 Å². The first-order chi connectivity index (χ1) is 6.27. The quantitative estimate of drug-likeness (QED) is 0.608. The van der Waals surface area contributed by atoms with Gasteiger partial charge in [0, 0.05) is 0 Å². The normalized spacial score (nSPS) is 34.2. The van der Waals surface area contributed by atoms with E-state index in [1.807, 2.05) is 0 Å². The molecule has 0 spiro atoms. The Kier molecular flexibility index (Phi) is 2.51. The smallest absolute Gasteiger partial charge is 0.237 e. The Morgan fingerprint density at radius 3 is 2.77 bits per heavy atom. The monoisotopic (exact) mass is 184 g/mol. The molecule has 2 aliphatic rings. The van der Waals surface area contributed by atoms with Gasteiger partial charge >= 0.3 is 0 Å². The molecule has 0 aromatic carbocycles. The molecule has 0 saturated carbocycles. The lowest BCUT2D eigenvalue weighted by atomic mass is 10.0. The summed E-state index contributed by atoms with van der Waals surface area (Å²) in [7, 11) is 0. The standard InChI is InChI=1S/C9H16N2O2/c1-6-2-3-10-8(6)9(12)11-7-4-13-5-7/h6-8,10H,2-5H2,1H3,(H,11,12). The van der Waals surface area contributed by atoms with Crippen molar-refractivity contribution in [2.45, 2.75) is 25.4 Å². The van der Waals surface area contributed by atoms with Gasteiger partial charge < -0.3 is 15.4 Å². The molecule has 4 heteroatoms. The van der Waals surface area contributed by atoms with Crippen molar-refractivity contribution in [3.8, 4) is 0 Å². The topological polar surface area (TPSA) is 50.4 Å². The van der Waals surface area contributed by atoms with Gasteiger partial charge in [0.05, 0.1) is 25.3 Å². The van der Waals surface area contributed by atoms with Crippen LogP contribution in [-0.4, -0.2) is 37.7 Å². The molecule has 0 aromatic rings. The fraction of sp³-hybridized carbons (Fsp3) is 0.889. The average Bonchev–Trinajstić information content (AvgIpc) is 2.43. The average molecular weight is 184 g/mol. The van der Waals surface area contributed by atoms with Gasteiger partial charge in [-0.15, -0.1) is 0 Å². The minimum atomic E-state index is 0.0144. The van der Waals surface area contributed by atoms with Gasteiger partial charge in [0.2, 0.25) is 5.91 Å². The van der Waals surface area contributed by atoms with Gasteiger partial charge in [0.1, 0.15) is 0 Å². The number of amides is 1. The summed E-state index contributed by atoms with van der Waals surface area (Å²) in [6, 6.07) is 0.266. The Balaban J connectivity index is 1.81. The summed E-state index contributed by atoms with van der Waals surface area (Å²) in [5.74, 6) is 0.597. The van der Waals surface area contributed by atoms with Crippen LogP contribution in [0.3, 0.4) is 0 Å². The molecule has 74 valence electrons. The minimum absolute atomic E-state index is 0.0144. The van der Waals surface area contributed by atoms with Crippen molar-refractivity contribution >= 4 is 5.91 Å². The maximum absolute atomic E-state index is 11.6. The molecule has 2 rings (SSSR count). The number of hydrogen-bond acceptors (Lipinski definition) is 3. The molecule has 4 nitrogen and oxygen atoms in total. The zero-order valence-corrected chi connectivity index (χ0v) is 7.88. The molecule has 0 aliphatic carbocycles. The van der Waals surface area contributed by atoms with E-state index in [4.69, 9.17) is 4.74 Å². The van der Waals surface area contributed by atoms with Gasteiger partial charge in [0.15, 0.2) is 0 Å². The third-order valence-electron chi connectivity index (χ3n) is 2.80. The maximum atomic E-state index is 11.6. The lowest BCUT2D eigenvalue weighted by molar-refractivity contribution is -0.127. The highest BCUT2D eigenvalue weighted by molar-refractivity contribution is 5.82. The first-order valence-electron chi connectivity index (χ1n) is 4.89. The highest BCUT2D eigenvalue weighted by Gasteiger charge is 2.31. The van der Waals surface area contributed by atoms with Crippen LogP contribution < -0.4 is 10.6 Å². The van der Waals surface area contributed by atoms with Crippen molar-refractivity contribution in [1.29, 1.82) is 0 Å². The predicted octanol–water partition coefficient (Wildman–Crippen LogP) is -0.501. The van der Waals surface area contributed by atoms with Gasteiger partial charge in [-0.25, -0.2) is 0 Å². The molecule has 0 aromatic heterocycles. The number of hydrogen-bond donors (Lipinski definition) is 2. The zero-order chi connectivity index (χ0) is 9.26. The molecular formula is C9H16N2O2. The van der Waals surface area contributed by atoms with Crippen molar-refractivity contribution in [3.05, 3.63) is 0 Å². The van der Waals surface area contributed by atoms with Crippen LogP contribution in [0, 0.1) is 5.92 Å². The fourth-order valence-electron chi connectivity index (χ4n) is 1.80. The molecule has 0 bridgehead atoms. The number of carbonyl (C=O) groups is 1. The summed E-state index contributed by atoms with van der Waals surface area (Å²) in [5, 5.41) is 6.17. The SMILES string of the molecule is CC1CCNC1C(=O)NC1COC1. The number of carbonyl (C=O) groups excluding carboxylic acids is 1. The molecule has 0 radical (unpaired) electrons. The summed E-state index contributed by atoms with van der Waals surface area (Å²) in [5.41, 5.74) is 0. The second-order valence-corrected chi connectivity index (χ2v) is 3.94. The van der Waals surface area contributed by atoms with E-state index in [9.17, 15) is 4.79 Å². The third kappa shape index (κ3) is 1.84. The molecule has 2 unspecified atom stereocenters. The van der Waals surface area contributed by atoms with Crippen molar-refractivity contribution in [2.24, 2.45) is 5.92 Å². The minimum Gasteiger partial charge on any atom is -0.377 e. The summed E-state index contributed by atoms with van der Waals surface area (Å²) in [6.45, 7) is 4.42. The van der Waals surface area contributed by atoms with Crippen LogP contribution in [0.5, 0.6) is 0 Å². The van der Waals surface area contributed by atoms with Crippen molar-refractivity contribution in [3.63, 3.8) is 0 Å². The second kappa shape index (κ2) is 3.64. The molecule has 2 fully saturated rings. The van der Waals surface area contributed by atoms with Crippen molar-refractivity contribution in [1.82, 2.24) is 10.6 Å². The molecule has 2 saturated heterocycles. The van der Waals surface area contributed by atoms with Crippen LogP contribution in [-0.2, 0) is 9.53 Å². The first-order valence-corrected chi connectivity index (χ1v) is 4.89. The molecule has 2 atom stereocenters. The molecule has 13 heavy (non-hydrogen) atoms. The van der Waals surface area contributed by atoms with Gasteiger partial charge in [0.25, 0.3) is 0 Å². The Bertz CT molecular complexity index is 204. The van der Waals surface area contributed by atoms with Crippen LogP contribution in [0.15, 0.2) is 0 Å². The molecule has 2 N–H and O–H groups in total. The molecule has 1 amide bonds. The summed E-state index contributed by atoms with van der Waals surface area (Å²) >= 11 is 0. The van der Waals surface area contributed by atoms with Gasteiger partial charge in [-0.1, -0.05) is 6.92 Å². The molecular weight excluding hydrogens is 168 g/mol. The lowest BCUT2D eigenvalue weighted by Gasteiger charge is -2.28. The summed E-state index contributed by atoms with van der Waals surface area (Å²) in [6.07, 6.45) is 1.10. The van der Waals surface area contributed by atoms with Crippen molar-refractivity contribution < 1.29 is 9.53 Å². The number of rotatable bonds is 2. The lowest BCUT2D eigenvalue weighted by Crippen LogP contribution is -2.54. The van der Waals surface area contributed by atoms with E-state index in [0.717, 1.165) is 13.0 Å². The van der Waals surface area contributed by atoms with Crippen LogP contribution in [0.1, 0.15) is 13.3 Å². The highest BCUT2D eigenvalue weighted by atomic mass is 16.5. The Morgan fingerprint density at radius 1 is 1.54 bits per heavy atom. The Hall–Kier alpha value is -0.610. The third-order valence-corrected chi connectivity index (χ3v) is 2.80. The Labute approximate surface area is 78.0 Å². The van der Waals surface area contributed by atoms with E-state index in [1.54, 1.807) is 0 Å². The molecule has 2 heterocycles. The van der Waals surface area contributed by atoms with Crippen LogP contribution in [0.4, 0.5) is 0 Å². The van der Waals surface area contributed by atoms with E-state index in [-0.39, 0.29) is 18.0 Å². The largest absolute Gasteiger partial charge is 0.377 e. The predicted molar refractivity (Wildman–Crippen MR) is 48.3 cm³/mol. The van der Waals surface area contributed by atoms with E-state index in [2.05, 4.69) is 17.6 Å².